The minimum Gasteiger partial charge on any atom is -0.492 e. The molecule has 0 unspecified atom stereocenters. The average Bonchev–Trinajstić information content (AvgIpc) is 2.92. The average molecular weight is 621 g/mol. The second-order valence-corrected chi connectivity index (χ2v) is 9.24. The number of ether oxygens (including phenoxy) is 5. The second kappa shape index (κ2) is 14.4. The number of halogens is 1. The molecule has 0 saturated heterocycles. The number of benzene rings is 2. The summed E-state index contributed by atoms with van der Waals surface area (Å²) in [5.41, 5.74) is 4.58. The van der Waals surface area contributed by atoms with Gasteiger partial charge in [0.25, 0.3) is 0 Å². The summed E-state index contributed by atoms with van der Waals surface area (Å²) >= 11 is 3.45. The molecule has 0 spiro atoms. The van der Waals surface area contributed by atoms with Gasteiger partial charge in [0.1, 0.15) is 6.61 Å². The van der Waals surface area contributed by atoms with Gasteiger partial charge in [-0.2, -0.15) is 5.10 Å². The molecule has 0 saturated carbocycles. The molecule has 4 N–H and O–H groups in total. The quantitative estimate of drug-likeness (QED) is 0.114. The van der Waals surface area contributed by atoms with Crippen molar-refractivity contribution in [3.63, 3.8) is 0 Å². The predicted octanol–water partition coefficient (Wildman–Crippen LogP) is 3.38. The number of aliphatic hydroxyl groups excluding tert-OH is 1. The minimum absolute atomic E-state index is 0.149. The van der Waals surface area contributed by atoms with Gasteiger partial charge >= 0.3 is 12.0 Å². The number of hydrogen-bond acceptors (Lipinski definition) is 10. The van der Waals surface area contributed by atoms with E-state index in [1.807, 2.05) is 13.8 Å². The van der Waals surface area contributed by atoms with E-state index in [1.54, 1.807) is 44.4 Å². The monoisotopic (exact) mass is 620 g/mol. The summed E-state index contributed by atoms with van der Waals surface area (Å²) in [6.45, 7) is 5.97. The van der Waals surface area contributed by atoms with Crippen LogP contribution in [0.25, 0.3) is 0 Å². The molecule has 0 aliphatic carbocycles. The molecule has 0 radical (unpaired) electrons. The lowest BCUT2D eigenvalue weighted by molar-refractivity contribution is -0.136. The van der Waals surface area contributed by atoms with E-state index in [9.17, 15) is 14.7 Å². The number of rotatable bonds is 13. The van der Waals surface area contributed by atoms with E-state index in [0.717, 1.165) is 0 Å². The minimum atomic E-state index is -1.14. The number of aliphatic hydroxyl groups is 1. The van der Waals surface area contributed by atoms with E-state index in [2.05, 4.69) is 37.1 Å². The number of esters is 1. The van der Waals surface area contributed by atoms with Gasteiger partial charge in [0.2, 0.25) is 0 Å². The predicted molar refractivity (Wildman–Crippen MR) is 151 cm³/mol. The zero-order chi connectivity index (χ0) is 29.2. The highest BCUT2D eigenvalue weighted by molar-refractivity contribution is 9.10. The molecule has 0 bridgehead atoms. The Labute approximate surface area is 240 Å². The smallest absolute Gasteiger partial charge is 0.337 e. The van der Waals surface area contributed by atoms with Crippen LogP contribution in [0.5, 0.6) is 23.0 Å². The van der Waals surface area contributed by atoms with Gasteiger partial charge in [-0.1, -0.05) is 6.07 Å². The summed E-state index contributed by atoms with van der Waals surface area (Å²) in [5, 5.41) is 19.8. The van der Waals surface area contributed by atoms with E-state index in [4.69, 9.17) is 23.7 Å². The van der Waals surface area contributed by atoms with Crippen molar-refractivity contribution in [2.24, 2.45) is 5.10 Å². The lowest BCUT2D eigenvalue weighted by atomic mass is 9.95. The van der Waals surface area contributed by atoms with Crippen LogP contribution in [0.2, 0.25) is 0 Å². The van der Waals surface area contributed by atoms with Crippen LogP contribution < -0.4 is 35.0 Å². The normalized spacial score (nSPS) is 15.7. The number of nitrogens with zero attached hydrogens (tertiary/aromatic N) is 1. The molecule has 0 aromatic heterocycles. The second-order valence-electron chi connectivity index (χ2n) is 8.38. The largest absolute Gasteiger partial charge is 0.492 e. The van der Waals surface area contributed by atoms with Crippen molar-refractivity contribution in [3.8, 4) is 23.0 Å². The Kier molecular flexibility index (Phi) is 11.0. The molecular formula is C27H33BrN4O8. The molecule has 3 rings (SSSR count). The van der Waals surface area contributed by atoms with Crippen molar-refractivity contribution in [2.45, 2.75) is 33.0 Å². The Morgan fingerprint density at radius 1 is 1.12 bits per heavy atom. The first kappa shape index (κ1) is 30.6. The Morgan fingerprint density at radius 2 is 1.85 bits per heavy atom. The zero-order valence-electron chi connectivity index (χ0n) is 22.9. The summed E-state index contributed by atoms with van der Waals surface area (Å²) in [7, 11) is 2.83. The van der Waals surface area contributed by atoms with Gasteiger partial charge in [-0.25, -0.2) is 9.59 Å². The molecule has 0 fully saturated rings. The highest BCUT2D eigenvalue weighted by Gasteiger charge is 2.32. The van der Waals surface area contributed by atoms with E-state index in [-0.39, 0.29) is 12.2 Å². The van der Waals surface area contributed by atoms with Crippen LogP contribution in [-0.4, -0.2) is 63.6 Å². The third kappa shape index (κ3) is 7.57. The number of carbonyl (C=O) groups is 2. The van der Waals surface area contributed by atoms with E-state index < -0.39 is 24.3 Å². The molecule has 2 aromatic carbocycles. The Morgan fingerprint density at radius 3 is 2.52 bits per heavy atom. The maximum atomic E-state index is 12.4. The van der Waals surface area contributed by atoms with Gasteiger partial charge in [0, 0.05) is 5.70 Å². The van der Waals surface area contributed by atoms with E-state index in [0.29, 0.717) is 57.5 Å². The molecule has 1 aliphatic heterocycles. The maximum Gasteiger partial charge on any atom is 0.337 e. The number of hydrazone groups is 1. The highest BCUT2D eigenvalue weighted by Crippen LogP contribution is 2.36. The van der Waals surface area contributed by atoms with Crippen LogP contribution in [0, 0.1) is 0 Å². The molecule has 2 amide bonds. The van der Waals surface area contributed by atoms with Crippen LogP contribution in [-0.2, 0) is 9.53 Å². The third-order valence-electron chi connectivity index (χ3n) is 5.65. The van der Waals surface area contributed by atoms with Gasteiger partial charge in [0.15, 0.2) is 29.2 Å². The standard InChI is InChI=1S/C27H33BrN4O8/c1-6-38-20-12-17(24-23(26(34)37-5)15(3)30-27(35)31-24)8-9-19(20)40-14-22(33)32-29-13-16-10-18(28)25(36-4)21(11-16)39-7-2/h8-13,22,24,32-33H,6-7,14H2,1-5H3,(H2,30,31,35)/b29-13+/t22-,24-/m0/s1. The number of allylic oxidation sites excluding steroid dienone is 1. The van der Waals surface area contributed by atoms with E-state index in [1.165, 1.54) is 13.3 Å². The molecule has 2 aromatic rings. The number of hydrogen-bond donors (Lipinski definition) is 4. The van der Waals surface area contributed by atoms with Gasteiger partial charge in [-0.05, 0) is 72.1 Å². The highest BCUT2D eigenvalue weighted by atomic mass is 79.9. The first-order valence-corrected chi connectivity index (χ1v) is 13.2. The van der Waals surface area contributed by atoms with Gasteiger partial charge in [-0.15, -0.1) is 0 Å². The molecular weight excluding hydrogens is 588 g/mol. The summed E-state index contributed by atoms with van der Waals surface area (Å²) < 4.78 is 28.1. The summed E-state index contributed by atoms with van der Waals surface area (Å²) in [6.07, 6.45) is 0.386. The lowest BCUT2D eigenvalue weighted by Crippen LogP contribution is -2.45. The molecule has 1 aliphatic rings. The summed E-state index contributed by atoms with van der Waals surface area (Å²) in [4.78, 5) is 24.5. The van der Waals surface area contributed by atoms with Crippen molar-refractivity contribution in [1.29, 1.82) is 0 Å². The number of methoxy groups -OCH3 is 2. The number of nitrogens with one attached hydrogen (secondary N) is 3. The first-order chi connectivity index (χ1) is 19.2. The van der Waals surface area contributed by atoms with Crippen LogP contribution in [0.15, 0.2) is 51.2 Å². The fourth-order valence-corrected chi connectivity index (χ4v) is 4.57. The van der Waals surface area contributed by atoms with Gasteiger partial charge < -0.3 is 39.4 Å². The molecule has 2 atom stereocenters. The summed E-state index contributed by atoms with van der Waals surface area (Å²) in [6, 6.07) is 7.37. The van der Waals surface area contributed by atoms with Gasteiger partial charge in [-0.3, -0.25) is 5.43 Å². The molecule has 1 heterocycles. The zero-order valence-corrected chi connectivity index (χ0v) is 24.5. The Hall–Kier alpha value is -3.97. The van der Waals surface area contributed by atoms with Crippen molar-refractivity contribution in [1.82, 2.24) is 16.1 Å². The fourth-order valence-electron chi connectivity index (χ4n) is 3.94. The van der Waals surface area contributed by atoms with E-state index >= 15 is 0 Å². The van der Waals surface area contributed by atoms with Gasteiger partial charge in [0.05, 0.1) is 49.7 Å². The SMILES string of the molecule is CCOc1cc([C@@H]2NC(=O)NC(C)=C2C(=O)OC)ccc1OC[C@H](O)N/N=C/c1cc(Br)c(OC)c(OCC)c1. The topological polar surface area (TPSA) is 149 Å². The van der Waals surface area contributed by atoms with Crippen molar-refractivity contribution >= 4 is 34.1 Å². The molecule has 216 valence electrons. The summed E-state index contributed by atoms with van der Waals surface area (Å²) in [5.74, 6) is 1.30. The molecule has 12 nitrogen and oxygen atoms in total. The number of urea groups is 1. The van der Waals surface area contributed by atoms with Crippen LogP contribution in [0.3, 0.4) is 0 Å². The fraction of sp³-hybridized carbons (Fsp3) is 0.370. The van der Waals surface area contributed by atoms with Crippen molar-refractivity contribution < 1.29 is 38.4 Å². The van der Waals surface area contributed by atoms with Crippen LogP contribution in [0.4, 0.5) is 4.79 Å². The number of carbonyl (C=O) groups excluding carboxylic acids is 2. The maximum absolute atomic E-state index is 12.4. The molecule has 13 heteroatoms. The number of amides is 2. The van der Waals surface area contributed by atoms with Crippen molar-refractivity contribution in [3.05, 3.63) is 57.2 Å². The van der Waals surface area contributed by atoms with Crippen LogP contribution in [0.1, 0.15) is 37.9 Å². The first-order valence-electron chi connectivity index (χ1n) is 12.4. The third-order valence-corrected chi connectivity index (χ3v) is 6.23. The molecule has 40 heavy (non-hydrogen) atoms. The Balaban J connectivity index is 1.70. The van der Waals surface area contributed by atoms with Crippen molar-refractivity contribution in [2.75, 3.05) is 34.0 Å². The lowest BCUT2D eigenvalue weighted by Gasteiger charge is -2.28. The Bertz CT molecular complexity index is 1280. The van der Waals surface area contributed by atoms with Crippen LogP contribution >= 0.6 is 15.9 Å².